The van der Waals surface area contributed by atoms with Crippen molar-refractivity contribution in [2.45, 2.75) is 39.0 Å². The molecule has 0 saturated carbocycles. The van der Waals surface area contributed by atoms with Crippen LogP contribution in [0.2, 0.25) is 0 Å². The van der Waals surface area contributed by atoms with E-state index in [1.165, 1.54) is 28.9 Å². The predicted molar refractivity (Wildman–Crippen MR) is 106 cm³/mol. The minimum absolute atomic E-state index is 0.162. The van der Waals surface area contributed by atoms with Gasteiger partial charge in [-0.15, -0.1) is 11.3 Å². The summed E-state index contributed by atoms with van der Waals surface area (Å²) >= 11 is 1.49. The largest absolute Gasteiger partial charge is 0.465 e. The smallest absolute Gasteiger partial charge is 0.341 e. The molecule has 0 fully saturated rings. The van der Waals surface area contributed by atoms with Crippen LogP contribution in [0.3, 0.4) is 0 Å². The number of benzene rings is 1. The first-order valence-corrected chi connectivity index (χ1v) is 9.94. The maximum absolute atomic E-state index is 12.7. The number of amides is 1. The van der Waals surface area contributed by atoms with Crippen molar-refractivity contribution < 1.29 is 18.7 Å². The second-order valence-electron chi connectivity index (χ2n) is 6.72. The van der Waals surface area contributed by atoms with Gasteiger partial charge < -0.3 is 14.5 Å². The van der Waals surface area contributed by atoms with Crippen LogP contribution in [0.1, 0.15) is 45.3 Å². The average Bonchev–Trinajstić information content (AvgIpc) is 3.35. The van der Waals surface area contributed by atoms with E-state index < -0.39 is 0 Å². The maximum atomic E-state index is 12.7. The van der Waals surface area contributed by atoms with Crippen LogP contribution in [-0.4, -0.2) is 19.0 Å². The normalized spacial score (nSPS) is 13.0. The molecule has 0 radical (unpaired) electrons. The quantitative estimate of drug-likeness (QED) is 0.658. The first kappa shape index (κ1) is 17.8. The lowest BCUT2D eigenvalue weighted by molar-refractivity contribution is -0.115. The summed E-state index contributed by atoms with van der Waals surface area (Å²) in [5.41, 5.74) is 4.38. The lowest BCUT2D eigenvalue weighted by Crippen LogP contribution is -2.16. The summed E-state index contributed by atoms with van der Waals surface area (Å²) in [6.07, 6.45) is 5.61. The minimum atomic E-state index is -0.383. The number of methoxy groups -OCH3 is 1. The SMILES string of the molecule is CCc1ccc2occ(CC(=O)Nc3sc4c(c3C(=O)OC)CCC4)c2c1. The third kappa shape index (κ3) is 3.25. The summed E-state index contributed by atoms with van der Waals surface area (Å²) in [4.78, 5) is 26.1. The summed E-state index contributed by atoms with van der Waals surface area (Å²) in [5, 5.41) is 4.48. The number of carbonyl (C=O) groups excluding carboxylic acids is 2. The van der Waals surface area contributed by atoms with Crippen molar-refractivity contribution in [1.82, 2.24) is 0 Å². The number of thiophene rings is 1. The number of furan rings is 1. The van der Waals surface area contributed by atoms with Crippen molar-refractivity contribution in [3.05, 3.63) is 51.6 Å². The van der Waals surface area contributed by atoms with Gasteiger partial charge in [0.15, 0.2) is 0 Å². The molecule has 6 heteroatoms. The zero-order valence-electron chi connectivity index (χ0n) is 15.4. The molecule has 2 heterocycles. The van der Waals surface area contributed by atoms with Crippen LogP contribution in [0.25, 0.3) is 11.0 Å². The van der Waals surface area contributed by atoms with Crippen LogP contribution in [0, 0.1) is 0 Å². The monoisotopic (exact) mass is 383 g/mol. The highest BCUT2D eigenvalue weighted by molar-refractivity contribution is 7.17. The summed E-state index contributed by atoms with van der Waals surface area (Å²) in [5.74, 6) is -0.546. The molecule has 1 aliphatic carbocycles. The third-order valence-corrected chi connectivity index (χ3v) is 6.25. The number of esters is 1. The number of anilines is 1. The van der Waals surface area contributed by atoms with Gasteiger partial charge in [0.2, 0.25) is 5.91 Å². The molecule has 0 atom stereocenters. The standard InChI is InChI=1S/C21H21NO4S/c1-3-12-7-8-16-15(9-12)13(11-26-16)10-18(23)22-20-19(21(24)25-2)14-5-4-6-17(14)27-20/h7-9,11H,3-6,10H2,1-2H3,(H,22,23). The number of hydrogen-bond acceptors (Lipinski definition) is 5. The van der Waals surface area contributed by atoms with Gasteiger partial charge in [-0.3, -0.25) is 4.79 Å². The van der Waals surface area contributed by atoms with E-state index in [9.17, 15) is 9.59 Å². The summed E-state index contributed by atoms with van der Waals surface area (Å²) in [6, 6.07) is 6.04. The van der Waals surface area contributed by atoms with E-state index in [1.807, 2.05) is 12.1 Å². The molecule has 3 aromatic rings. The van der Waals surface area contributed by atoms with Gasteiger partial charge in [-0.2, -0.15) is 0 Å². The molecule has 2 aromatic heterocycles. The van der Waals surface area contributed by atoms with Crippen LogP contribution in [0.15, 0.2) is 28.9 Å². The second-order valence-corrected chi connectivity index (χ2v) is 7.83. The Morgan fingerprint density at radius 1 is 1.30 bits per heavy atom. The van der Waals surface area contributed by atoms with Crippen LogP contribution in [-0.2, 0) is 35.2 Å². The highest BCUT2D eigenvalue weighted by Gasteiger charge is 2.28. The molecule has 5 nitrogen and oxygen atoms in total. The number of nitrogens with one attached hydrogen (secondary N) is 1. The molecular formula is C21H21NO4S. The summed E-state index contributed by atoms with van der Waals surface area (Å²) in [6.45, 7) is 2.10. The molecule has 4 rings (SSSR count). The zero-order valence-corrected chi connectivity index (χ0v) is 16.2. The van der Waals surface area contributed by atoms with Crippen LogP contribution in [0.5, 0.6) is 0 Å². The molecule has 0 saturated heterocycles. The Morgan fingerprint density at radius 2 is 2.15 bits per heavy atom. The molecule has 0 aliphatic heterocycles. The lowest BCUT2D eigenvalue weighted by atomic mass is 10.1. The van der Waals surface area contributed by atoms with Gasteiger partial charge >= 0.3 is 5.97 Å². The van der Waals surface area contributed by atoms with E-state index in [0.29, 0.717) is 10.6 Å². The molecule has 1 aromatic carbocycles. The van der Waals surface area contributed by atoms with Gasteiger partial charge in [-0.25, -0.2) is 4.79 Å². The van der Waals surface area contributed by atoms with Crippen molar-refractivity contribution in [2.24, 2.45) is 0 Å². The van der Waals surface area contributed by atoms with Crippen LogP contribution >= 0.6 is 11.3 Å². The Hall–Kier alpha value is -2.60. The minimum Gasteiger partial charge on any atom is -0.465 e. The Morgan fingerprint density at radius 3 is 2.93 bits per heavy atom. The summed E-state index contributed by atoms with van der Waals surface area (Å²) < 4.78 is 10.5. The predicted octanol–water partition coefficient (Wildman–Crippen LogP) is 4.51. The molecule has 0 unspecified atom stereocenters. The molecule has 27 heavy (non-hydrogen) atoms. The number of hydrogen-bond donors (Lipinski definition) is 1. The fourth-order valence-electron chi connectivity index (χ4n) is 3.64. The first-order valence-electron chi connectivity index (χ1n) is 9.12. The Balaban J connectivity index is 1.58. The van der Waals surface area contributed by atoms with E-state index >= 15 is 0 Å². The van der Waals surface area contributed by atoms with Gasteiger partial charge in [0.25, 0.3) is 0 Å². The van der Waals surface area contributed by atoms with Gasteiger partial charge in [0, 0.05) is 15.8 Å². The molecule has 140 valence electrons. The van der Waals surface area contributed by atoms with Crippen LogP contribution in [0.4, 0.5) is 5.00 Å². The number of carbonyl (C=O) groups is 2. The van der Waals surface area contributed by atoms with Gasteiger partial charge in [0.1, 0.15) is 10.6 Å². The molecular weight excluding hydrogens is 362 g/mol. The molecule has 1 N–H and O–H groups in total. The number of fused-ring (bicyclic) bond motifs is 2. The number of aryl methyl sites for hydroxylation is 2. The van der Waals surface area contributed by atoms with E-state index in [2.05, 4.69) is 18.3 Å². The van der Waals surface area contributed by atoms with E-state index in [4.69, 9.17) is 9.15 Å². The maximum Gasteiger partial charge on any atom is 0.341 e. The number of ether oxygens (including phenoxy) is 1. The first-order chi connectivity index (χ1) is 13.1. The highest BCUT2D eigenvalue weighted by atomic mass is 32.1. The summed E-state index contributed by atoms with van der Waals surface area (Å²) in [7, 11) is 1.37. The van der Waals surface area contributed by atoms with E-state index in [0.717, 1.165) is 47.8 Å². The molecule has 1 amide bonds. The van der Waals surface area contributed by atoms with Crippen molar-refractivity contribution in [2.75, 3.05) is 12.4 Å². The van der Waals surface area contributed by atoms with Gasteiger partial charge in [0.05, 0.1) is 25.4 Å². The third-order valence-electron chi connectivity index (χ3n) is 5.04. The van der Waals surface area contributed by atoms with Crippen molar-refractivity contribution in [1.29, 1.82) is 0 Å². The Labute approximate surface area is 161 Å². The van der Waals surface area contributed by atoms with Crippen molar-refractivity contribution in [3.8, 4) is 0 Å². The lowest BCUT2D eigenvalue weighted by Gasteiger charge is -2.07. The molecule has 0 spiro atoms. The molecule has 0 bridgehead atoms. The fraction of sp³-hybridized carbons (Fsp3) is 0.333. The number of rotatable bonds is 5. The average molecular weight is 383 g/mol. The zero-order chi connectivity index (χ0) is 19.0. The Kier molecular flexibility index (Phi) is 4.74. The fourth-order valence-corrected chi connectivity index (χ4v) is 4.93. The van der Waals surface area contributed by atoms with Crippen molar-refractivity contribution >= 4 is 39.2 Å². The second kappa shape index (κ2) is 7.19. The van der Waals surface area contributed by atoms with Gasteiger partial charge in [-0.05, 0) is 48.9 Å². The van der Waals surface area contributed by atoms with Gasteiger partial charge in [-0.1, -0.05) is 13.0 Å². The van der Waals surface area contributed by atoms with Crippen LogP contribution < -0.4 is 5.32 Å². The van der Waals surface area contributed by atoms with Crippen molar-refractivity contribution in [3.63, 3.8) is 0 Å². The van der Waals surface area contributed by atoms with E-state index in [-0.39, 0.29) is 18.3 Å². The van der Waals surface area contributed by atoms with E-state index in [1.54, 1.807) is 6.26 Å². The Bertz CT molecular complexity index is 1030. The topological polar surface area (TPSA) is 68.5 Å². The molecule has 1 aliphatic rings. The highest BCUT2D eigenvalue weighted by Crippen LogP contribution is 2.39.